The van der Waals surface area contributed by atoms with Crippen molar-refractivity contribution in [2.24, 2.45) is 11.1 Å². The lowest BCUT2D eigenvalue weighted by Crippen LogP contribution is -2.60. The second kappa shape index (κ2) is 7.25. The Morgan fingerprint density at radius 2 is 1.79 bits per heavy atom. The minimum Gasteiger partial charge on any atom is -0.467 e. The molecule has 0 bridgehead atoms. The van der Waals surface area contributed by atoms with Crippen molar-refractivity contribution >= 4 is 21.9 Å². The Morgan fingerprint density at radius 3 is 2.28 bits per heavy atom. The fourth-order valence-electron chi connectivity index (χ4n) is 2.42. The number of primary sulfonamides is 1. The number of rotatable bonds is 4. The van der Waals surface area contributed by atoms with Crippen molar-refractivity contribution in [2.45, 2.75) is 17.1 Å². The van der Waals surface area contributed by atoms with Crippen LogP contribution in [0.15, 0.2) is 24.3 Å². The van der Waals surface area contributed by atoms with E-state index in [4.69, 9.17) is 5.14 Å². The summed E-state index contributed by atoms with van der Waals surface area (Å²) in [5.74, 6) is -7.89. The molecule has 160 valence electrons. The van der Waals surface area contributed by atoms with E-state index in [2.05, 4.69) is 19.7 Å². The maximum atomic E-state index is 13.4. The Morgan fingerprint density at radius 1 is 1.17 bits per heavy atom. The highest BCUT2D eigenvalue weighted by Crippen LogP contribution is 2.43. The van der Waals surface area contributed by atoms with E-state index in [-0.39, 0.29) is 0 Å². The topological polar surface area (TPSA) is 137 Å². The van der Waals surface area contributed by atoms with Crippen molar-refractivity contribution in [2.75, 3.05) is 12.4 Å². The van der Waals surface area contributed by atoms with E-state index >= 15 is 0 Å². The van der Waals surface area contributed by atoms with Gasteiger partial charge < -0.3 is 4.74 Å². The van der Waals surface area contributed by atoms with Gasteiger partial charge in [0.2, 0.25) is 21.8 Å². The summed E-state index contributed by atoms with van der Waals surface area (Å²) in [7, 11) is -4.41. The van der Waals surface area contributed by atoms with Crippen molar-refractivity contribution in [3.63, 3.8) is 0 Å². The monoisotopic (exact) mass is 447 g/mol. The number of anilines is 1. The number of nitrogens with one attached hydrogen (secondary N) is 1. The standard InChI is InChI=1S/C13H11F6N5O4S/c1-28-10-22-7(13(17,18)19)21-9(24-10)23-8(25)11(29(20,26)27)5-3-2-4-6(11)12(14,15)16/h2-6H,1H3,(H2,20,26,27)(H,21,22,23,24,25). The van der Waals surface area contributed by atoms with Crippen LogP contribution in [0.4, 0.5) is 32.3 Å². The molecule has 29 heavy (non-hydrogen) atoms. The predicted octanol–water partition coefficient (Wildman–Crippen LogP) is 1.17. The number of ether oxygens (including phenoxy) is 1. The molecule has 9 nitrogen and oxygen atoms in total. The van der Waals surface area contributed by atoms with Gasteiger partial charge in [0.15, 0.2) is 4.75 Å². The van der Waals surface area contributed by atoms with Gasteiger partial charge in [0, 0.05) is 0 Å². The number of methoxy groups -OCH3 is 1. The molecule has 0 radical (unpaired) electrons. The number of amides is 1. The number of allylic oxidation sites excluding steroid dienone is 3. The van der Waals surface area contributed by atoms with Gasteiger partial charge in [-0.2, -0.15) is 41.3 Å². The molecule has 1 aliphatic rings. The smallest absolute Gasteiger partial charge is 0.451 e. The summed E-state index contributed by atoms with van der Waals surface area (Å²) >= 11 is 0. The lowest BCUT2D eigenvalue weighted by molar-refractivity contribution is -0.170. The maximum Gasteiger partial charge on any atom is 0.451 e. The molecule has 0 saturated carbocycles. The average Bonchev–Trinajstić information content (AvgIpc) is 2.58. The van der Waals surface area contributed by atoms with Crippen molar-refractivity contribution in [1.29, 1.82) is 0 Å². The molecule has 0 aromatic carbocycles. The van der Waals surface area contributed by atoms with Crippen molar-refractivity contribution < 1.29 is 44.3 Å². The number of hydrogen-bond acceptors (Lipinski definition) is 7. The summed E-state index contributed by atoms with van der Waals surface area (Å²) in [5, 5.41) is 6.43. The Labute approximate surface area is 158 Å². The number of carbonyl (C=O) groups excluding carboxylic acids is 1. The third-order valence-corrected chi connectivity index (χ3v) is 5.19. The molecule has 1 heterocycles. The number of nitrogens with two attached hydrogens (primary N) is 1. The van der Waals surface area contributed by atoms with Gasteiger partial charge >= 0.3 is 18.4 Å². The van der Waals surface area contributed by atoms with E-state index in [0.717, 1.165) is 19.3 Å². The first-order chi connectivity index (χ1) is 13.1. The summed E-state index contributed by atoms with van der Waals surface area (Å²) in [5.41, 5.74) is 0. The fraction of sp³-hybridized carbons (Fsp3) is 0.385. The highest BCUT2D eigenvalue weighted by molar-refractivity contribution is 7.91. The Kier molecular flexibility index (Phi) is 5.64. The highest BCUT2D eigenvalue weighted by Gasteiger charge is 2.62. The number of nitrogens with zero attached hydrogens (tertiary/aromatic N) is 3. The van der Waals surface area contributed by atoms with E-state index < -0.39 is 56.7 Å². The van der Waals surface area contributed by atoms with Gasteiger partial charge in [-0.3, -0.25) is 10.1 Å². The molecule has 16 heteroatoms. The zero-order valence-electron chi connectivity index (χ0n) is 14.1. The predicted molar refractivity (Wildman–Crippen MR) is 83.7 cm³/mol. The number of sulfonamides is 1. The van der Waals surface area contributed by atoms with Crippen molar-refractivity contribution in [1.82, 2.24) is 15.0 Å². The second-order valence-electron chi connectivity index (χ2n) is 5.52. The van der Waals surface area contributed by atoms with E-state index in [1.165, 1.54) is 5.32 Å². The molecule has 1 amide bonds. The molecular formula is C13H11F6N5O4S. The lowest BCUT2D eigenvalue weighted by Gasteiger charge is -2.35. The summed E-state index contributed by atoms with van der Waals surface area (Å²) in [4.78, 5) is 21.6. The van der Waals surface area contributed by atoms with Gasteiger partial charge in [-0.25, -0.2) is 13.6 Å². The van der Waals surface area contributed by atoms with Crippen molar-refractivity contribution in [3.8, 4) is 6.01 Å². The molecular weight excluding hydrogens is 436 g/mol. The minimum atomic E-state index is -5.29. The van der Waals surface area contributed by atoms with Crippen LogP contribution >= 0.6 is 0 Å². The van der Waals surface area contributed by atoms with Crippen LogP contribution in [0, 0.1) is 5.92 Å². The fourth-order valence-corrected chi connectivity index (χ4v) is 3.56. The molecule has 1 aliphatic carbocycles. The number of carbonyl (C=O) groups is 1. The van der Waals surface area contributed by atoms with E-state index in [9.17, 15) is 39.6 Å². The first-order valence-corrected chi connectivity index (χ1v) is 8.81. The van der Waals surface area contributed by atoms with Crippen molar-refractivity contribution in [3.05, 3.63) is 30.1 Å². The average molecular weight is 447 g/mol. The van der Waals surface area contributed by atoms with Crippen LogP contribution in [0.1, 0.15) is 5.82 Å². The first kappa shape index (κ1) is 22.5. The van der Waals surface area contributed by atoms with Gasteiger partial charge in [-0.15, -0.1) is 0 Å². The van der Waals surface area contributed by atoms with E-state index in [1.54, 1.807) is 0 Å². The summed E-state index contributed by atoms with van der Waals surface area (Å²) in [6.45, 7) is 0. The molecule has 2 atom stereocenters. The quantitative estimate of drug-likeness (QED) is 0.661. The molecule has 3 N–H and O–H groups in total. The third-order valence-electron chi connectivity index (χ3n) is 3.68. The van der Waals surface area contributed by atoms with E-state index in [0.29, 0.717) is 12.2 Å². The van der Waals surface area contributed by atoms with Gasteiger partial charge in [0.05, 0.1) is 7.11 Å². The second-order valence-corrected chi connectivity index (χ2v) is 7.29. The summed E-state index contributed by atoms with van der Waals surface area (Å²) in [6, 6.07) is -0.932. The Bertz CT molecular complexity index is 975. The van der Waals surface area contributed by atoms with Crippen LogP contribution in [0.5, 0.6) is 6.01 Å². The summed E-state index contributed by atoms with van der Waals surface area (Å²) in [6.07, 6.45) is -7.98. The number of hydrogen-bond donors (Lipinski definition) is 2. The van der Waals surface area contributed by atoms with Crippen LogP contribution in [0.25, 0.3) is 0 Å². The van der Waals surface area contributed by atoms with Crippen LogP contribution < -0.4 is 15.2 Å². The largest absolute Gasteiger partial charge is 0.467 e. The Balaban J connectivity index is 2.59. The SMILES string of the molecule is COc1nc(NC(=O)C2(S(N)(=O)=O)C=CC=CC2C(F)(F)F)nc(C(F)(F)F)n1. The molecule has 1 aromatic rings. The highest BCUT2D eigenvalue weighted by atomic mass is 32.2. The van der Waals surface area contributed by atoms with Gasteiger partial charge in [-0.05, 0) is 0 Å². The minimum absolute atomic E-state index is 0.374. The van der Waals surface area contributed by atoms with Gasteiger partial charge in [0.1, 0.15) is 5.92 Å². The van der Waals surface area contributed by atoms with E-state index in [1.807, 2.05) is 0 Å². The molecule has 0 aliphatic heterocycles. The third kappa shape index (κ3) is 4.31. The molecule has 1 aromatic heterocycles. The number of halogens is 6. The Hall–Kier alpha value is -2.75. The van der Waals surface area contributed by atoms with Crippen LogP contribution in [-0.4, -0.2) is 47.3 Å². The maximum absolute atomic E-state index is 13.4. The molecule has 0 spiro atoms. The summed E-state index contributed by atoms with van der Waals surface area (Å²) < 4.78 is 104. The van der Waals surface area contributed by atoms with Crippen LogP contribution in [-0.2, 0) is 21.0 Å². The number of aromatic nitrogens is 3. The lowest BCUT2D eigenvalue weighted by atomic mass is 9.86. The molecule has 0 fully saturated rings. The molecule has 0 saturated heterocycles. The van der Waals surface area contributed by atoms with Gasteiger partial charge in [-0.1, -0.05) is 24.3 Å². The van der Waals surface area contributed by atoms with Gasteiger partial charge in [0.25, 0.3) is 5.91 Å². The number of alkyl halides is 6. The molecule has 2 unspecified atom stereocenters. The van der Waals surface area contributed by atoms with Crippen LogP contribution in [0.3, 0.4) is 0 Å². The zero-order valence-corrected chi connectivity index (χ0v) is 14.9. The van der Waals surface area contributed by atoms with Crippen LogP contribution in [0.2, 0.25) is 0 Å². The first-order valence-electron chi connectivity index (χ1n) is 7.26. The molecule has 2 rings (SSSR count). The zero-order chi connectivity index (χ0) is 22.3. The normalized spacial score (nSPS) is 22.4.